The predicted molar refractivity (Wildman–Crippen MR) is 69.4 cm³/mol. The molecule has 0 saturated heterocycles. The largest absolute Gasteiger partial charge is 0.478 e. The number of hydrogen-bond acceptors (Lipinski definition) is 3. The average Bonchev–Trinajstić information content (AvgIpc) is 2.26. The van der Waals surface area contributed by atoms with E-state index < -0.39 is 34.7 Å². The van der Waals surface area contributed by atoms with E-state index in [4.69, 9.17) is 10.8 Å². The van der Waals surface area contributed by atoms with Crippen molar-refractivity contribution in [3.8, 4) is 0 Å². The van der Waals surface area contributed by atoms with Crippen LogP contribution >= 0.6 is 0 Å². The number of nitrogens with one attached hydrogen (secondary N) is 1. The number of hydrogen-bond donors (Lipinski definition) is 3. The van der Waals surface area contributed by atoms with Gasteiger partial charge in [0.25, 0.3) is 0 Å². The SMILES string of the molecule is CC(C)(C)[C@@H](N)C(=O)Nc1ccc(C(=O)O)c(F)c1. The van der Waals surface area contributed by atoms with Gasteiger partial charge in [-0.2, -0.15) is 0 Å². The van der Waals surface area contributed by atoms with Gasteiger partial charge in [-0.05, 0) is 23.6 Å². The van der Waals surface area contributed by atoms with Gasteiger partial charge in [0.2, 0.25) is 5.91 Å². The second-order valence-corrected chi connectivity index (χ2v) is 5.33. The fourth-order valence-corrected chi connectivity index (χ4v) is 1.38. The zero-order chi connectivity index (χ0) is 14.8. The van der Waals surface area contributed by atoms with Crippen LogP contribution in [0.5, 0.6) is 0 Å². The Labute approximate surface area is 110 Å². The third kappa shape index (κ3) is 3.75. The third-order valence-corrected chi connectivity index (χ3v) is 2.68. The number of nitrogens with two attached hydrogens (primary N) is 1. The Morgan fingerprint density at radius 1 is 1.37 bits per heavy atom. The molecule has 5 nitrogen and oxygen atoms in total. The van der Waals surface area contributed by atoms with Crippen molar-refractivity contribution in [2.24, 2.45) is 11.1 Å². The van der Waals surface area contributed by atoms with Gasteiger partial charge < -0.3 is 16.2 Å². The van der Waals surface area contributed by atoms with Crippen molar-refractivity contribution in [1.82, 2.24) is 0 Å². The summed E-state index contributed by atoms with van der Waals surface area (Å²) < 4.78 is 13.4. The summed E-state index contributed by atoms with van der Waals surface area (Å²) in [5.74, 6) is -2.72. The topological polar surface area (TPSA) is 92.4 Å². The Kier molecular flexibility index (Phi) is 4.26. The van der Waals surface area contributed by atoms with Crippen LogP contribution in [0.1, 0.15) is 31.1 Å². The second kappa shape index (κ2) is 5.36. The van der Waals surface area contributed by atoms with Crippen molar-refractivity contribution in [2.45, 2.75) is 26.8 Å². The maximum Gasteiger partial charge on any atom is 0.338 e. The Bertz CT molecular complexity index is 509. The molecule has 1 atom stereocenters. The van der Waals surface area contributed by atoms with Crippen LogP contribution in [0, 0.1) is 11.2 Å². The molecule has 19 heavy (non-hydrogen) atoms. The maximum atomic E-state index is 13.4. The Morgan fingerprint density at radius 2 is 1.95 bits per heavy atom. The van der Waals surface area contributed by atoms with E-state index >= 15 is 0 Å². The van der Waals surface area contributed by atoms with Crippen molar-refractivity contribution in [3.05, 3.63) is 29.6 Å². The molecule has 0 bridgehead atoms. The number of benzene rings is 1. The number of amides is 1. The van der Waals surface area contributed by atoms with Gasteiger partial charge in [-0.15, -0.1) is 0 Å². The first-order chi connectivity index (χ1) is 8.62. The van der Waals surface area contributed by atoms with Gasteiger partial charge in [0.15, 0.2) is 0 Å². The summed E-state index contributed by atoms with van der Waals surface area (Å²) in [6.45, 7) is 5.43. The van der Waals surface area contributed by atoms with Gasteiger partial charge in [-0.1, -0.05) is 20.8 Å². The van der Waals surface area contributed by atoms with E-state index in [0.29, 0.717) is 0 Å². The summed E-state index contributed by atoms with van der Waals surface area (Å²) in [4.78, 5) is 22.5. The molecule has 0 fully saturated rings. The lowest BCUT2D eigenvalue weighted by molar-refractivity contribution is -0.119. The molecule has 1 rings (SSSR count). The van der Waals surface area contributed by atoms with Crippen LogP contribution in [0.2, 0.25) is 0 Å². The first-order valence-electron chi connectivity index (χ1n) is 5.72. The van der Waals surface area contributed by atoms with Crippen LogP contribution in [0.25, 0.3) is 0 Å². The second-order valence-electron chi connectivity index (χ2n) is 5.33. The third-order valence-electron chi connectivity index (χ3n) is 2.68. The number of anilines is 1. The van der Waals surface area contributed by atoms with E-state index in [-0.39, 0.29) is 5.69 Å². The highest BCUT2D eigenvalue weighted by Crippen LogP contribution is 2.20. The summed E-state index contributed by atoms with van der Waals surface area (Å²) in [5, 5.41) is 11.1. The molecule has 0 saturated carbocycles. The zero-order valence-corrected chi connectivity index (χ0v) is 11.0. The molecule has 104 valence electrons. The number of carbonyl (C=O) groups excluding carboxylic acids is 1. The van der Waals surface area contributed by atoms with E-state index in [1.807, 2.05) is 20.8 Å². The highest BCUT2D eigenvalue weighted by atomic mass is 19.1. The molecule has 1 aromatic rings. The molecular formula is C13H17FN2O3. The van der Waals surface area contributed by atoms with Crippen molar-refractivity contribution < 1.29 is 19.1 Å². The lowest BCUT2D eigenvalue weighted by Crippen LogP contribution is -2.45. The van der Waals surface area contributed by atoms with E-state index in [9.17, 15) is 14.0 Å². The minimum absolute atomic E-state index is 0.173. The first-order valence-corrected chi connectivity index (χ1v) is 5.72. The highest BCUT2D eigenvalue weighted by molar-refractivity contribution is 5.96. The van der Waals surface area contributed by atoms with E-state index in [1.165, 1.54) is 6.07 Å². The fourth-order valence-electron chi connectivity index (χ4n) is 1.38. The molecule has 6 heteroatoms. The van der Waals surface area contributed by atoms with Gasteiger partial charge in [0.1, 0.15) is 5.82 Å². The van der Waals surface area contributed by atoms with Crippen LogP contribution in [0.4, 0.5) is 10.1 Å². The first kappa shape index (κ1) is 15.1. The van der Waals surface area contributed by atoms with Crippen LogP contribution in [0.3, 0.4) is 0 Å². The van der Waals surface area contributed by atoms with Crippen molar-refractivity contribution in [1.29, 1.82) is 0 Å². The van der Waals surface area contributed by atoms with Crippen LogP contribution in [0.15, 0.2) is 18.2 Å². The van der Waals surface area contributed by atoms with Crippen molar-refractivity contribution >= 4 is 17.6 Å². The summed E-state index contributed by atoms with van der Waals surface area (Å²) in [5.41, 5.74) is 5.06. The lowest BCUT2D eigenvalue weighted by atomic mass is 9.87. The summed E-state index contributed by atoms with van der Waals surface area (Å²) in [6.07, 6.45) is 0. The molecule has 0 spiro atoms. The Balaban J connectivity index is 2.87. The molecule has 0 aliphatic heterocycles. The summed E-state index contributed by atoms with van der Waals surface area (Å²) in [7, 11) is 0. The maximum absolute atomic E-state index is 13.4. The lowest BCUT2D eigenvalue weighted by Gasteiger charge is -2.25. The smallest absolute Gasteiger partial charge is 0.338 e. The van der Waals surface area contributed by atoms with Gasteiger partial charge in [0.05, 0.1) is 11.6 Å². The van der Waals surface area contributed by atoms with Gasteiger partial charge in [0, 0.05) is 5.69 Å². The Morgan fingerprint density at radius 3 is 2.37 bits per heavy atom. The minimum Gasteiger partial charge on any atom is -0.478 e. The van der Waals surface area contributed by atoms with Crippen LogP contribution in [-0.2, 0) is 4.79 Å². The van der Waals surface area contributed by atoms with Crippen LogP contribution in [-0.4, -0.2) is 23.0 Å². The molecule has 0 aliphatic carbocycles. The fraction of sp³-hybridized carbons (Fsp3) is 0.385. The number of halogens is 1. The van der Waals surface area contributed by atoms with Gasteiger partial charge >= 0.3 is 5.97 Å². The molecule has 0 aromatic heterocycles. The monoisotopic (exact) mass is 268 g/mol. The molecule has 4 N–H and O–H groups in total. The molecule has 1 aromatic carbocycles. The Hall–Kier alpha value is -1.95. The van der Waals surface area contributed by atoms with Crippen molar-refractivity contribution in [3.63, 3.8) is 0 Å². The van der Waals surface area contributed by atoms with E-state index in [2.05, 4.69) is 5.32 Å². The van der Waals surface area contributed by atoms with E-state index in [1.54, 1.807) is 0 Å². The number of carbonyl (C=O) groups is 2. The highest BCUT2D eigenvalue weighted by Gasteiger charge is 2.27. The summed E-state index contributed by atoms with van der Waals surface area (Å²) in [6, 6.07) is 2.61. The number of carboxylic acids is 1. The number of aromatic carboxylic acids is 1. The van der Waals surface area contributed by atoms with Gasteiger partial charge in [-0.3, -0.25) is 4.79 Å². The summed E-state index contributed by atoms with van der Waals surface area (Å²) >= 11 is 0. The predicted octanol–water partition coefficient (Wildman–Crippen LogP) is 1.84. The quantitative estimate of drug-likeness (QED) is 0.779. The average molecular weight is 268 g/mol. The zero-order valence-electron chi connectivity index (χ0n) is 11.0. The van der Waals surface area contributed by atoms with Crippen molar-refractivity contribution in [2.75, 3.05) is 5.32 Å². The standard InChI is InChI=1S/C13H17FN2O3/c1-13(2,3)10(15)11(17)16-7-4-5-8(12(18)19)9(14)6-7/h4-6,10H,15H2,1-3H3,(H,16,17)(H,18,19)/t10-/m0/s1. The number of rotatable bonds is 3. The molecule has 0 heterocycles. The molecule has 0 radical (unpaired) electrons. The molecule has 0 unspecified atom stereocenters. The number of carboxylic acid groups (broad SMARTS) is 1. The molecule has 0 aliphatic rings. The van der Waals surface area contributed by atoms with Crippen LogP contribution < -0.4 is 11.1 Å². The van der Waals surface area contributed by atoms with Gasteiger partial charge in [-0.25, -0.2) is 9.18 Å². The molecular weight excluding hydrogens is 251 g/mol. The molecule has 1 amide bonds. The van der Waals surface area contributed by atoms with E-state index in [0.717, 1.165) is 12.1 Å². The normalized spacial score (nSPS) is 12.9. The minimum atomic E-state index is -1.36.